The van der Waals surface area contributed by atoms with E-state index in [2.05, 4.69) is 50.4 Å². The van der Waals surface area contributed by atoms with E-state index in [1.165, 1.54) is 148 Å². The van der Waals surface area contributed by atoms with Crippen LogP contribution in [0.4, 0.5) is 0 Å². The van der Waals surface area contributed by atoms with Gasteiger partial charge in [-0.1, -0.05) is 218 Å². The molecule has 3 atom stereocenters. The summed E-state index contributed by atoms with van der Waals surface area (Å²) < 4.78 is 5.92. The molecule has 0 aromatic carbocycles. The predicted octanol–water partition coefficient (Wildman–Crippen LogP) is 14.3. The highest BCUT2D eigenvalue weighted by Crippen LogP contribution is 2.18. The zero-order chi connectivity index (χ0) is 41.0. The van der Waals surface area contributed by atoms with Gasteiger partial charge in [-0.15, -0.1) is 0 Å². The number of aliphatic hydroxyl groups is 2. The number of unbranched alkanes of at least 4 members (excludes halogenated alkanes) is 28. The summed E-state index contributed by atoms with van der Waals surface area (Å²) in [7, 11) is 0. The molecule has 0 saturated carbocycles. The van der Waals surface area contributed by atoms with E-state index in [-0.39, 0.29) is 24.9 Å². The van der Waals surface area contributed by atoms with Crippen LogP contribution < -0.4 is 5.32 Å². The molecule has 1 amide bonds. The van der Waals surface area contributed by atoms with Gasteiger partial charge in [0.1, 0.15) is 6.10 Å². The number of rotatable bonds is 44. The van der Waals surface area contributed by atoms with Gasteiger partial charge >= 0.3 is 5.97 Å². The van der Waals surface area contributed by atoms with Crippen LogP contribution in [0.1, 0.15) is 258 Å². The number of nitrogens with one attached hydrogen (secondary N) is 1. The first-order chi connectivity index (χ1) is 27.5. The molecule has 0 rings (SSSR count). The second kappa shape index (κ2) is 44.4. The SMILES string of the molecule is CC/C=C/C/C=C/CCCCCCCCCC(=O)OC(CCCCCCCCCCCCCCC)CC(=O)NC(CO)C(O)CCCCCCCCCCCC. The molecular formula is C50H95NO5. The average molecular weight is 790 g/mol. The van der Waals surface area contributed by atoms with Crippen molar-refractivity contribution in [2.45, 2.75) is 277 Å². The van der Waals surface area contributed by atoms with E-state index >= 15 is 0 Å². The summed E-state index contributed by atoms with van der Waals surface area (Å²) in [6, 6.07) is -0.696. The second-order valence-corrected chi connectivity index (χ2v) is 16.8. The van der Waals surface area contributed by atoms with Gasteiger partial charge in [-0.25, -0.2) is 0 Å². The number of amides is 1. The third-order valence-corrected chi connectivity index (χ3v) is 11.3. The maximum atomic E-state index is 13.2. The van der Waals surface area contributed by atoms with Crippen LogP contribution in [-0.2, 0) is 14.3 Å². The van der Waals surface area contributed by atoms with Gasteiger partial charge in [-0.2, -0.15) is 0 Å². The topological polar surface area (TPSA) is 95.9 Å². The maximum absolute atomic E-state index is 13.2. The molecule has 0 radical (unpaired) electrons. The minimum atomic E-state index is -0.783. The number of ether oxygens (including phenoxy) is 1. The van der Waals surface area contributed by atoms with E-state index in [4.69, 9.17) is 4.74 Å². The summed E-state index contributed by atoms with van der Waals surface area (Å²) in [6.45, 7) is 6.37. The Morgan fingerprint density at radius 3 is 1.45 bits per heavy atom. The Kier molecular flexibility index (Phi) is 43.1. The molecule has 0 bridgehead atoms. The highest BCUT2D eigenvalue weighted by molar-refractivity contribution is 5.77. The van der Waals surface area contributed by atoms with E-state index in [0.717, 1.165) is 64.2 Å². The van der Waals surface area contributed by atoms with Crippen LogP contribution >= 0.6 is 0 Å². The number of hydrogen-bond donors (Lipinski definition) is 3. The van der Waals surface area contributed by atoms with E-state index in [9.17, 15) is 19.8 Å². The van der Waals surface area contributed by atoms with E-state index in [0.29, 0.717) is 19.3 Å². The first-order valence-electron chi connectivity index (χ1n) is 24.6. The smallest absolute Gasteiger partial charge is 0.306 e. The molecule has 3 N–H and O–H groups in total. The van der Waals surface area contributed by atoms with Crippen molar-refractivity contribution in [3.05, 3.63) is 24.3 Å². The molecule has 0 aromatic heterocycles. The minimum Gasteiger partial charge on any atom is -0.462 e. The summed E-state index contributed by atoms with van der Waals surface area (Å²) in [6.07, 6.45) is 49.5. The van der Waals surface area contributed by atoms with Crippen molar-refractivity contribution < 1.29 is 24.5 Å². The van der Waals surface area contributed by atoms with Crippen LogP contribution in [0.3, 0.4) is 0 Å². The van der Waals surface area contributed by atoms with E-state index < -0.39 is 18.2 Å². The van der Waals surface area contributed by atoms with E-state index in [1.807, 2.05) is 0 Å². The van der Waals surface area contributed by atoms with Gasteiger partial charge in [0.2, 0.25) is 5.91 Å². The molecule has 0 heterocycles. The van der Waals surface area contributed by atoms with Crippen molar-refractivity contribution in [1.82, 2.24) is 5.32 Å². The van der Waals surface area contributed by atoms with Crippen LogP contribution in [0.2, 0.25) is 0 Å². The van der Waals surface area contributed by atoms with Crippen LogP contribution in [0.25, 0.3) is 0 Å². The fraction of sp³-hybridized carbons (Fsp3) is 0.880. The lowest BCUT2D eigenvalue weighted by Crippen LogP contribution is -2.46. The molecule has 0 aliphatic carbocycles. The second-order valence-electron chi connectivity index (χ2n) is 16.8. The van der Waals surface area contributed by atoms with Gasteiger partial charge in [0.15, 0.2) is 0 Å². The van der Waals surface area contributed by atoms with Crippen LogP contribution in [0, 0.1) is 0 Å². The number of hydrogen-bond acceptors (Lipinski definition) is 5. The molecule has 0 spiro atoms. The number of allylic oxidation sites excluding steroid dienone is 4. The Bertz CT molecular complexity index is 889. The molecule has 6 nitrogen and oxygen atoms in total. The lowest BCUT2D eigenvalue weighted by atomic mass is 10.0. The monoisotopic (exact) mass is 790 g/mol. The number of esters is 1. The molecule has 0 aliphatic heterocycles. The van der Waals surface area contributed by atoms with Gasteiger partial charge in [0.25, 0.3) is 0 Å². The third-order valence-electron chi connectivity index (χ3n) is 11.3. The van der Waals surface area contributed by atoms with Crippen LogP contribution in [-0.4, -0.2) is 46.9 Å². The lowest BCUT2D eigenvalue weighted by Gasteiger charge is -2.24. The maximum Gasteiger partial charge on any atom is 0.306 e. The Balaban J connectivity index is 4.56. The molecule has 0 fully saturated rings. The quantitative estimate of drug-likeness (QED) is 0.0324. The average Bonchev–Trinajstić information content (AvgIpc) is 3.19. The number of aliphatic hydroxyl groups excluding tert-OH is 2. The lowest BCUT2D eigenvalue weighted by molar-refractivity contribution is -0.151. The van der Waals surface area contributed by atoms with Gasteiger partial charge in [-0.3, -0.25) is 9.59 Å². The van der Waals surface area contributed by atoms with Crippen molar-refractivity contribution in [2.75, 3.05) is 6.61 Å². The third kappa shape index (κ3) is 39.2. The number of carbonyl (C=O) groups is 2. The zero-order valence-electron chi connectivity index (χ0n) is 37.5. The van der Waals surface area contributed by atoms with Crippen LogP contribution in [0.15, 0.2) is 24.3 Å². The largest absolute Gasteiger partial charge is 0.462 e. The van der Waals surface area contributed by atoms with E-state index in [1.54, 1.807) is 0 Å². The zero-order valence-corrected chi connectivity index (χ0v) is 37.5. The Hall–Kier alpha value is -1.66. The van der Waals surface area contributed by atoms with Gasteiger partial charge in [-0.05, 0) is 51.4 Å². The van der Waals surface area contributed by atoms with Crippen molar-refractivity contribution >= 4 is 11.9 Å². The Morgan fingerprint density at radius 2 is 0.964 bits per heavy atom. The summed E-state index contributed by atoms with van der Waals surface area (Å²) in [5.74, 6) is -0.472. The molecule has 0 saturated heterocycles. The fourth-order valence-corrected chi connectivity index (χ4v) is 7.59. The number of carbonyl (C=O) groups excluding carboxylic acids is 2. The molecular weight excluding hydrogens is 695 g/mol. The first kappa shape index (κ1) is 54.3. The Labute approximate surface area is 348 Å². The minimum absolute atomic E-state index is 0.0795. The van der Waals surface area contributed by atoms with Crippen molar-refractivity contribution in [2.24, 2.45) is 0 Å². The van der Waals surface area contributed by atoms with Gasteiger partial charge < -0.3 is 20.3 Å². The Morgan fingerprint density at radius 1 is 0.536 bits per heavy atom. The molecule has 330 valence electrons. The molecule has 0 aromatic rings. The van der Waals surface area contributed by atoms with Gasteiger partial charge in [0, 0.05) is 6.42 Å². The summed E-state index contributed by atoms with van der Waals surface area (Å²) in [4.78, 5) is 26.1. The highest BCUT2D eigenvalue weighted by Gasteiger charge is 2.24. The van der Waals surface area contributed by atoms with Crippen LogP contribution in [0.5, 0.6) is 0 Å². The summed E-state index contributed by atoms with van der Waals surface area (Å²) in [5.41, 5.74) is 0. The molecule has 3 unspecified atom stereocenters. The van der Waals surface area contributed by atoms with Crippen molar-refractivity contribution in [1.29, 1.82) is 0 Å². The molecule has 6 heteroatoms. The fourth-order valence-electron chi connectivity index (χ4n) is 7.59. The predicted molar refractivity (Wildman–Crippen MR) is 241 cm³/mol. The molecule has 0 aliphatic rings. The summed E-state index contributed by atoms with van der Waals surface area (Å²) >= 11 is 0. The van der Waals surface area contributed by atoms with Gasteiger partial charge in [0.05, 0.1) is 25.2 Å². The first-order valence-corrected chi connectivity index (χ1v) is 24.6. The highest BCUT2D eigenvalue weighted by atomic mass is 16.5. The summed E-state index contributed by atoms with van der Waals surface area (Å²) in [5, 5.41) is 23.7. The molecule has 56 heavy (non-hydrogen) atoms. The van der Waals surface area contributed by atoms with Crippen molar-refractivity contribution in [3.8, 4) is 0 Å². The standard InChI is InChI=1S/C50H95NO5/c1-4-7-10-13-16-19-22-24-26-28-31-34-37-40-43-50(55)56-46(41-38-35-32-29-27-25-23-20-17-14-11-8-5-2)44-49(54)51-47(45-52)48(53)42-39-36-33-30-21-18-15-12-9-6-3/h7,10,16,19,46-48,52-53H,4-6,8-9,11-15,17-18,20-45H2,1-3H3,(H,51,54)/b10-7+,19-16+. The normalized spacial score (nSPS) is 13.4. The van der Waals surface area contributed by atoms with Crippen molar-refractivity contribution in [3.63, 3.8) is 0 Å².